The van der Waals surface area contributed by atoms with Crippen LogP contribution in [0.3, 0.4) is 0 Å². The molecule has 0 bridgehead atoms. The zero-order valence-corrected chi connectivity index (χ0v) is 14.0. The van der Waals surface area contributed by atoms with Crippen LogP contribution in [0.1, 0.15) is 43.7 Å². The number of sulfonamides is 1. The molecule has 0 saturated heterocycles. The molecule has 0 aliphatic carbocycles. The molecule has 2 aromatic heterocycles. The highest BCUT2D eigenvalue weighted by Crippen LogP contribution is 2.19. The van der Waals surface area contributed by atoms with Crippen molar-refractivity contribution >= 4 is 21.6 Å². The van der Waals surface area contributed by atoms with Gasteiger partial charge in [0, 0.05) is 25.0 Å². The number of rotatable bonds is 7. The Morgan fingerprint density at radius 3 is 2.65 bits per heavy atom. The van der Waals surface area contributed by atoms with E-state index in [1.54, 1.807) is 4.57 Å². The second-order valence-corrected chi connectivity index (χ2v) is 6.76. The number of carbonyl (C=O) groups excluding carboxylic acids is 1. The molecule has 0 saturated carbocycles. The predicted octanol–water partition coefficient (Wildman–Crippen LogP) is 0.970. The normalized spacial score (nSPS) is 13.0. The molecule has 9 nitrogen and oxygen atoms in total. The van der Waals surface area contributed by atoms with Gasteiger partial charge in [-0.2, -0.15) is 13.5 Å². The van der Waals surface area contributed by atoms with Gasteiger partial charge >= 0.3 is 0 Å². The first-order valence-corrected chi connectivity index (χ1v) is 8.70. The number of amides is 1. The number of nitrogens with one attached hydrogen (secondary N) is 1. The quantitative estimate of drug-likeness (QED) is 0.777. The summed E-state index contributed by atoms with van der Waals surface area (Å²) in [4.78, 5) is 15.3. The van der Waals surface area contributed by atoms with E-state index in [0.29, 0.717) is 6.54 Å². The molecule has 2 aromatic rings. The Morgan fingerprint density at radius 2 is 2.09 bits per heavy atom. The van der Waals surface area contributed by atoms with Crippen molar-refractivity contribution in [3.8, 4) is 0 Å². The number of hydrogen-bond donors (Lipinski definition) is 2. The Hall–Kier alpha value is -2.36. The Labute approximate surface area is 134 Å². The number of aromatic nitrogens is 4. The molecule has 23 heavy (non-hydrogen) atoms. The lowest BCUT2D eigenvalue weighted by molar-refractivity contribution is 0.0995. The van der Waals surface area contributed by atoms with E-state index in [1.165, 1.54) is 23.4 Å². The van der Waals surface area contributed by atoms with E-state index in [2.05, 4.69) is 14.8 Å². The third-order valence-corrected chi connectivity index (χ3v) is 4.77. The molecule has 1 amide bonds. The van der Waals surface area contributed by atoms with E-state index in [1.807, 2.05) is 20.8 Å². The Morgan fingerprint density at radius 1 is 1.39 bits per heavy atom. The van der Waals surface area contributed by atoms with Crippen LogP contribution in [0.15, 0.2) is 23.7 Å². The summed E-state index contributed by atoms with van der Waals surface area (Å²) < 4.78 is 30.3. The molecular weight excluding hydrogens is 320 g/mol. The zero-order valence-electron chi connectivity index (χ0n) is 13.2. The number of nitrogens with two attached hydrogens (primary N) is 1. The largest absolute Gasteiger partial charge is 0.364 e. The van der Waals surface area contributed by atoms with Gasteiger partial charge < -0.3 is 10.3 Å². The summed E-state index contributed by atoms with van der Waals surface area (Å²) in [5, 5.41) is 3.81. The molecule has 10 heteroatoms. The molecule has 0 spiro atoms. The zero-order chi connectivity index (χ0) is 17.2. The highest BCUT2D eigenvalue weighted by molar-refractivity contribution is 7.92. The van der Waals surface area contributed by atoms with Gasteiger partial charge in [-0.25, -0.2) is 4.98 Å². The summed E-state index contributed by atoms with van der Waals surface area (Å²) in [6, 6.07) is 0.135. The lowest BCUT2D eigenvalue weighted by Crippen LogP contribution is -2.18. The highest BCUT2D eigenvalue weighted by atomic mass is 32.2. The van der Waals surface area contributed by atoms with E-state index in [0.717, 1.165) is 6.42 Å². The second-order valence-electron chi connectivity index (χ2n) is 5.13. The fourth-order valence-corrected chi connectivity index (χ4v) is 2.94. The van der Waals surface area contributed by atoms with Crippen molar-refractivity contribution in [2.45, 2.75) is 44.8 Å². The van der Waals surface area contributed by atoms with Crippen molar-refractivity contribution in [1.82, 2.24) is 19.3 Å². The minimum absolute atomic E-state index is 0.0393. The lowest BCUT2D eigenvalue weighted by atomic mass is 10.3. The Bertz CT molecular complexity index is 808. The van der Waals surface area contributed by atoms with Crippen LogP contribution in [-0.2, 0) is 16.6 Å². The van der Waals surface area contributed by atoms with Crippen molar-refractivity contribution in [1.29, 1.82) is 0 Å². The van der Waals surface area contributed by atoms with Gasteiger partial charge in [0.1, 0.15) is 0 Å². The van der Waals surface area contributed by atoms with E-state index >= 15 is 0 Å². The van der Waals surface area contributed by atoms with Gasteiger partial charge in [0.2, 0.25) is 0 Å². The van der Waals surface area contributed by atoms with E-state index in [9.17, 15) is 13.2 Å². The number of hydrogen-bond acceptors (Lipinski definition) is 5. The maximum atomic E-state index is 12.4. The molecule has 0 aliphatic rings. The van der Waals surface area contributed by atoms with Crippen molar-refractivity contribution in [2.75, 3.05) is 4.72 Å². The Balaban J connectivity index is 2.33. The highest BCUT2D eigenvalue weighted by Gasteiger charge is 2.23. The average Bonchev–Trinajstić information content (AvgIpc) is 3.12. The number of carbonyl (C=O) groups is 1. The smallest absolute Gasteiger partial charge is 0.281 e. The van der Waals surface area contributed by atoms with E-state index in [4.69, 9.17) is 5.73 Å². The van der Waals surface area contributed by atoms with Crippen molar-refractivity contribution in [2.24, 2.45) is 5.73 Å². The minimum Gasteiger partial charge on any atom is -0.364 e. The van der Waals surface area contributed by atoms with E-state index < -0.39 is 15.9 Å². The van der Waals surface area contributed by atoms with Gasteiger partial charge in [0.05, 0.1) is 12.0 Å². The fraction of sp³-hybridized carbons (Fsp3) is 0.462. The summed E-state index contributed by atoms with van der Waals surface area (Å²) in [5.74, 6) is -0.806. The van der Waals surface area contributed by atoms with E-state index in [-0.39, 0.29) is 22.4 Å². The van der Waals surface area contributed by atoms with Crippen molar-refractivity contribution in [3.05, 3.63) is 24.4 Å². The van der Waals surface area contributed by atoms with Crippen LogP contribution in [0.4, 0.5) is 5.69 Å². The van der Waals surface area contributed by atoms with Crippen LogP contribution in [-0.4, -0.2) is 33.7 Å². The monoisotopic (exact) mass is 340 g/mol. The number of imidazole rings is 1. The summed E-state index contributed by atoms with van der Waals surface area (Å²) >= 11 is 0. The van der Waals surface area contributed by atoms with Gasteiger partial charge in [0.15, 0.2) is 10.7 Å². The van der Waals surface area contributed by atoms with Crippen LogP contribution < -0.4 is 10.5 Å². The maximum Gasteiger partial charge on any atom is 0.281 e. The molecule has 1 atom stereocenters. The molecular formula is C13H20N6O3S. The van der Waals surface area contributed by atoms with Gasteiger partial charge in [0.25, 0.3) is 15.9 Å². The van der Waals surface area contributed by atoms with Gasteiger partial charge in [-0.05, 0) is 20.3 Å². The molecule has 3 N–H and O–H groups in total. The molecule has 126 valence electrons. The molecule has 0 aliphatic heterocycles. The summed E-state index contributed by atoms with van der Waals surface area (Å²) in [6.45, 7) is 6.24. The fourth-order valence-electron chi connectivity index (χ4n) is 1.95. The third-order valence-electron chi connectivity index (χ3n) is 3.52. The van der Waals surface area contributed by atoms with Crippen LogP contribution in [0.2, 0.25) is 0 Å². The molecule has 1 unspecified atom stereocenters. The van der Waals surface area contributed by atoms with Gasteiger partial charge in [-0.15, -0.1) is 0 Å². The number of anilines is 1. The second kappa shape index (κ2) is 6.41. The molecule has 0 radical (unpaired) electrons. The number of aryl methyl sites for hydroxylation is 1. The molecule has 2 rings (SSSR count). The first-order valence-electron chi connectivity index (χ1n) is 7.22. The van der Waals surface area contributed by atoms with Gasteiger partial charge in [-0.1, -0.05) is 6.92 Å². The summed E-state index contributed by atoms with van der Waals surface area (Å²) in [6.07, 6.45) is 5.18. The predicted molar refractivity (Wildman–Crippen MR) is 84.5 cm³/mol. The van der Waals surface area contributed by atoms with Crippen LogP contribution in [0, 0.1) is 0 Å². The SMILES string of the molecule is CCC(C)n1cnc(S(=O)(=O)Nc2cn(CC)nc2C(N)=O)c1. The Kier molecular flexibility index (Phi) is 4.73. The van der Waals surface area contributed by atoms with Gasteiger partial charge in [-0.3, -0.25) is 14.2 Å². The minimum atomic E-state index is -3.93. The standard InChI is InChI=1S/C13H20N6O3S/c1-4-9(3)18-7-11(15-8-18)23(21,22)17-10-6-19(5-2)16-12(10)13(14)20/h6-9,17H,4-5H2,1-3H3,(H2,14,20). The summed E-state index contributed by atoms with van der Waals surface area (Å²) in [5.41, 5.74) is 5.14. The number of primary amides is 1. The van der Waals surface area contributed by atoms with Crippen molar-refractivity contribution < 1.29 is 13.2 Å². The third kappa shape index (κ3) is 3.52. The molecule has 0 fully saturated rings. The average molecular weight is 340 g/mol. The molecule has 2 heterocycles. The first kappa shape index (κ1) is 17.0. The van der Waals surface area contributed by atoms with Crippen LogP contribution >= 0.6 is 0 Å². The van der Waals surface area contributed by atoms with Crippen molar-refractivity contribution in [3.63, 3.8) is 0 Å². The first-order chi connectivity index (χ1) is 10.8. The van der Waals surface area contributed by atoms with Crippen LogP contribution in [0.25, 0.3) is 0 Å². The summed E-state index contributed by atoms with van der Waals surface area (Å²) in [7, 11) is -3.93. The lowest BCUT2D eigenvalue weighted by Gasteiger charge is -2.08. The topological polar surface area (TPSA) is 125 Å². The molecule has 0 aromatic carbocycles. The number of nitrogens with zero attached hydrogens (tertiary/aromatic N) is 4. The maximum absolute atomic E-state index is 12.4. The van der Waals surface area contributed by atoms with Crippen LogP contribution in [0.5, 0.6) is 0 Å².